The monoisotopic (exact) mass is 580 g/mol. The molecule has 42 heavy (non-hydrogen) atoms. The normalized spacial score (nSPS) is 14.5. The van der Waals surface area contributed by atoms with Crippen LogP contribution in [0.3, 0.4) is 0 Å². The number of hydrogen-bond donors (Lipinski definition) is 3. The number of carbonyl (C=O) groups excluding carboxylic acids is 1. The third kappa shape index (κ3) is 5.99. The highest BCUT2D eigenvalue weighted by Gasteiger charge is 2.22. The van der Waals surface area contributed by atoms with Crippen molar-refractivity contribution in [1.29, 1.82) is 0 Å². The highest BCUT2D eigenvalue weighted by Crippen LogP contribution is 2.33. The number of nitrogen functional groups attached to an aromatic ring is 1. The Labute approximate surface area is 243 Å². The Hall–Kier alpha value is -4.70. The molecular formula is C30H29N8O3P. The maximum absolute atomic E-state index is 13.2. The van der Waals surface area contributed by atoms with E-state index in [-0.39, 0.29) is 11.7 Å². The summed E-state index contributed by atoms with van der Waals surface area (Å²) in [7, 11) is -1.67. The van der Waals surface area contributed by atoms with E-state index in [0.29, 0.717) is 31.0 Å². The van der Waals surface area contributed by atoms with Crippen LogP contribution in [0.25, 0.3) is 16.7 Å². The minimum absolute atomic E-state index is 0.0146. The summed E-state index contributed by atoms with van der Waals surface area (Å²) in [4.78, 5) is 52.8. The molecule has 4 heterocycles. The number of anilines is 2. The molecule has 1 unspecified atom stereocenters. The fourth-order valence-electron chi connectivity index (χ4n) is 4.92. The lowest BCUT2D eigenvalue weighted by molar-refractivity contribution is 0.0628. The van der Waals surface area contributed by atoms with Gasteiger partial charge in [-0.2, -0.15) is 4.98 Å². The summed E-state index contributed by atoms with van der Waals surface area (Å²) in [5, 5.41) is 4.89. The predicted molar refractivity (Wildman–Crippen MR) is 164 cm³/mol. The first kappa shape index (κ1) is 27.5. The second-order valence-corrected chi connectivity index (χ2v) is 11.3. The molecule has 1 fully saturated rings. The quantitative estimate of drug-likeness (QED) is 0.248. The van der Waals surface area contributed by atoms with Gasteiger partial charge < -0.3 is 20.6 Å². The van der Waals surface area contributed by atoms with Gasteiger partial charge in [0.25, 0.3) is 5.91 Å². The molecule has 0 radical (unpaired) electrons. The van der Waals surface area contributed by atoms with Crippen molar-refractivity contribution in [2.45, 2.75) is 6.54 Å². The zero-order valence-corrected chi connectivity index (χ0v) is 23.6. The first-order valence-electron chi connectivity index (χ1n) is 13.5. The van der Waals surface area contributed by atoms with Crippen LogP contribution in [0, 0.1) is 0 Å². The molecular weight excluding hydrogens is 551 g/mol. The minimum Gasteiger partial charge on any atom is -0.383 e. The average Bonchev–Trinajstić information content (AvgIpc) is 3.02. The predicted octanol–water partition coefficient (Wildman–Crippen LogP) is 2.76. The number of nitrogens with zero attached hydrogens (tertiary/aromatic N) is 6. The van der Waals surface area contributed by atoms with E-state index in [2.05, 4.69) is 24.9 Å². The number of para-hydroxylation sites is 1. The average molecular weight is 581 g/mol. The lowest BCUT2D eigenvalue weighted by atomic mass is 10.1. The number of carbonyl (C=O) groups is 1. The van der Waals surface area contributed by atoms with E-state index >= 15 is 0 Å². The fourth-order valence-corrected chi connectivity index (χ4v) is 6.05. The van der Waals surface area contributed by atoms with Crippen molar-refractivity contribution >= 4 is 41.9 Å². The summed E-state index contributed by atoms with van der Waals surface area (Å²) in [5.41, 5.74) is 8.21. The zero-order valence-electron chi connectivity index (χ0n) is 22.7. The van der Waals surface area contributed by atoms with Crippen molar-refractivity contribution in [3.63, 3.8) is 0 Å². The Morgan fingerprint density at radius 1 is 0.952 bits per heavy atom. The molecule has 0 spiro atoms. The zero-order chi connectivity index (χ0) is 29.1. The molecule has 0 saturated carbocycles. The smallest absolute Gasteiger partial charge is 0.355 e. The van der Waals surface area contributed by atoms with Gasteiger partial charge in [-0.15, -0.1) is 0 Å². The van der Waals surface area contributed by atoms with Crippen molar-refractivity contribution in [1.82, 2.24) is 29.3 Å². The van der Waals surface area contributed by atoms with Crippen molar-refractivity contribution in [3.05, 3.63) is 113 Å². The van der Waals surface area contributed by atoms with Crippen LogP contribution in [0.15, 0.2) is 96.2 Å². The van der Waals surface area contributed by atoms with E-state index in [0.717, 1.165) is 40.5 Å². The molecule has 3 aromatic heterocycles. The van der Waals surface area contributed by atoms with Crippen molar-refractivity contribution in [2.75, 3.05) is 37.0 Å². The van der Waals surface area contributed by atoms with E-state index in [1.54, 1.807) is 42.9 Å². The number of piperazine rings is 1. The molecule has 1 amide bonds. The maximum Gasteiger partial charge on any atom is 0.355 e. The number of nitrogens with two attached hydrogens (primary N) is 1. The SMILES string of the molecule is Nc1ccn(-c2ccc(CN3CCN(C(=O)c4ccc(NP(O)c5cccc6cccnc56)cc4)CC3)cn2)c(=O)n1. The summed E-state index contributed by atoms with van der Waals surface area (Å²) in [6, 6.07) is 22.1. The molecule has 5 aromatic rings. The van der Waals surface area contributed by atoms with E-state index in [9.17, 15) is 14.5 Å². The third-order valence-electron chi connectivity index (χ3n) is 7.15. The van der Waals surface area contributed by atoms with Gasteiger partial charge in [0.05, 0.1) is 5.52 Å². The van der Waals surface area contributed by atoms with Crippen molar-refractivity contribution < 1.29 is 9.69 Å². The lowest BCUT2D eigenvalue weighted by Crippen LogP contribution is -2.48. The number of hydrogen-bond acceptors (Lipinski definition) is 9. The van der Waals surface area contributed by atoms with Gasteiger partial charge in [-0.3, -0.25) is 19.2 Å². The van der Waals surface area contributed by atoms with Gasteiger partial charge in [0, 0.05) is 73.3 Å². The Balaban J connectivity index is 1.02. The Kier molecular flexibility index (Phi) is 7.87. The van der Waals surface area contributed by atoms with Gasteiger partial charge in [0.2, 0.25) is 0 Å². The number of benzene rings is 2. The Morgan fingerprint density at radius 2 is 1.74 bits per heavy atom. The topological polar surface area (TPSA) is 142 Å². The molecule has 0 bridgehead atoms. The van der Waals surface area contributed by atoms with E-state index < -0.39 is 14.0 Å². The van der Waals surface area contributed by atoms with E-state index in [1.165, 1.54) is 4.57 Å². The molecule has 6 rings (SSSR count). The van der Waals surface area contributed by atoms with Crippen LogP contribution in [0.2, 0.25) is 0 Å². The van der Waals surface area contributed by atoms with Gasteiger partial charge in [-0.25, -0.2) is 9.78 Å². The Morgan fingerprint density at radius 3 is 2.48 bits per heavy atom. The van der Waals surface area contributed by atoms with Gasteiger partial charge in [0.1, 0.15) is 11.6 Å². The molecule has 1 atom stereocenters. The standard InChI is InChI=1S/C30H29N8O3P/c31-26-12-14-38(30(40)34-26)27-11-6-21(19-33-27)20-36-15-17-37(18-16-36)29(39)23-7-9-24(10-8-23)35-42(41)25-5-1-3-22-4-2-13-32-28(22)25/h1-14,19,35,41H,15-18,20H2,(H2,31,34,40). The second kappa shape index (κ2) is 12.0. The molecule has 11 nitrogen and oxygen atoms in total. The van der Waals surface area contributed by atoms with Crippen LogP contribution < -0.4 is 21.8 Å². The second-order valence-electron chi connectivity index (χ2n) is 9.95. The number of pyridine rings is 2. The maximum atomic E-state index is 13.2. The summed E-state index contributed by atoms with van der Waals surface area (Å²) < 4.78 is 1.35. The van der Waals surface area contributed by atoms with Crippen LogP contribution in [-0.4, -0.2) is 66.3 Å². The minimum atomic E-state index is -1.67. The first-order valence-corrected chi connectivity index (χ1v) is 14.8. The van der Waals surface area contributed by atoms with Crippen LogP contribution in [0.5, 0.6) is 0 Å². The third-order valence-corrected chi connectivity index (χ3v) is 8.44. The van der Waals surface area contributed by atoms with Gasteiger partial charge in [-0.1, -0.05) is 24.3 Å². The van der Waals surface area contributed by atoms with Crippen LogP contribution in [0.4, 0.5) is 11.5 Å². The summed E-state index contributed by atoms with van der Waals surface area (Å²) in [6.45, 7) is 3.41. The van der Waals surface area contributed by atoms with Gasteiger partial charge in [0.15, 0.2) is 8.30 Å². The first-order chi connectivity index (χ1) is 20.4. The molecule has 1 aliphatic heterocycles. The fraction of sp³-hybridized carbons (Fsp3) is 0.167. The molecule has 12 heteroatoms. The van der Waals surface area contributed by atoms with E-state index in [1.807, 2.05) is 53.4 Å². The van der Waals surface area contributed by atoms with Gasteiger partial charge >= 0.3 is 5.69 Å². The molecule has 1 aliphatic rings. The summed E-state index contributed by atoms with van der Waals surface area (Å²) >= 11 is 0. The van der Waals surface area contributed by atoms with Crippen LogP contribution >= 0.6 is 8.30 Å². The number of aromatic nitrogens is 4. The molecule has 2 aromatic carbocycles. The van der Waals surface area contributed by atoms with Gasteiger partial charge in [-0.05, 0) is 54.1 Å². The largest absolute Gasteiger partial charge is 0.383 e. The number of nitrogens with one attached hydrogen (secondary N) is 1. The summed E-state index contributed by atoms with van der Waals surface area (Å²) in [5.74, 6) is 0.638. The van der Waals surface area contributed by atoms with E-state index in [4.69, 9.17) is 5.73 Å². The van der Waals surface area contributed by atoms with Crippen LogP contribution in [-0.2, 0) is 6.54 Å². The number of fused-ring (bicyclic) bond motifs is 1. The molecule has 4 N–H and O–H groups in total. The summed E-state index contributed by atoms with van der Waals surface area (Å²) in [6.07, 6.45) is 5.02. The highest BCUT2D eigenvalue weighted by molar-refractivity contribution is 7.62. The van der Waals surface area contributed by atoms with Crippen LogP contribution in [0.1, 0.15) is 15.9 Å². The Bertz CT molecular complexity index is 1770. The van der Waals surface area contributed by atoms with Crippen molar-refractivity contribution in [3.8, 4) is 5.82 Å². The number of rotatable bonds is 7. The highest BCUT2D eigenvalue weighted by atomic mass is 31.2. The molecule has 0 aliphatic carbocycles. The van der Waals surface area contributed by atoms with Crippen molar-refractivity contribution in [2.24, 2.45) is 0 Å². The lowest BCUT2D eigenvalue weighted by Gasteiger charge is -2.34. The molecule has 212 valence electrons. The molecule has 1 saturated heterocycles. The number of amides is 1.